The molecule has 21 heavy (non-hydrogen) atoms. The molecule has 1 aliphatic rings. The molecule has 0 atom stereocenters. The molecule has 0 saturated carbocycles. The highest BCUT2D eigenvalue weighted by atomic mass is 16.5. The van der Waals surface area contributed by atoms with Crippen molar-refractivity contribution in [1.29, 1.82) is 0 Å². The van der Waals surface area contributed by atoms with E-state index in [1.54, 1.807) is 12.1 Å². The lowest BCUT2D eigenvalue weighted by molar-refractivity contribution is 0.0527. The van der Waals surface area contributed by atoms with Crippen molar-refractivity contribution in [2.24, 2.45) is 0 Å². The van der Waals surface area contributed by atoms with Crippen LogP contribution in [0.2, 0.25) is 0 Å². The maximum absolute atomic E-state index is 12.1. The normalized spacial score (nSPS) is 16.0. The molecule has 1 heterocycles. The van der Waals surface area contributed by atoms with Crippen LogP contribution in [0.15, 0.2) is 18.2 Å². The largest absolute Gasteiger partial charge is 0.462 e. The van der Waals surface area contributed by atoms with Crippen molar-refractivity contribution in [3.05, 3.63) is 23.8 Å². The average molecular weight is 291 g/mol. The molecular formula is C16H25N3O2. The molecule has 0 amide bonds. The fourth-order valence-electron chi connectivity index (χ4n) is 2.80. The molecule has 0 aliphatic carbocycles. The summed E-state index contributed by atoms with van der Waals surface area (Å²) in [6.07, 6.45) is 1.17. The number of benzene rings is 1. The van der Waals surface area contributed by atoms with Crippen LogP contribution in [0.25, 0.3) is 0 Å². The number of hydrogen-bond acceptors (Lipinski definition) is 5. The smallest absolute Gasteiger partial charge is 0.340 e. The summed E-state index contributed by atoms with van der Waals surface area (Å²) >= 11 is 0. The summed E-state index contributed by atoms with van der Waals surface area (Å²) in [7, 11) is 0. The Balaban J connectivity index is 2.18. The number of para-hydroxylation sites is 1. The van der Waals surface area contributed by atoms with E-state index in [9.17, 15) is 4.79 Å². The van der Waals surface area contributed by atoms with E-state index in [0.29, 0.717) is 17.9 Å². The first-order valence-electron chi connectivity index (χ1n) is 7.70. The molecule has 0 spiro atoms. The Hall–Kier alpha value is -1.75. The minimum Gasteiger partial charge on any atom is -0.462 e. The van der Waals surface area contributed by atoms with Crippen LogP contribution in [-0.2, 0) is 4.74 Å². The molecule has 0 radical (unpaired) electrons. The summed E-state index contributed by atoms with van der Waals surface area (Å²) in [5.74, 6) is -0.296. The van der Waals surface area contributed by atoms with Gasteiger partial charge in [-0.25, -0.2) is 4.79 Å². The van der Waals surface area contributed by atoms with Crippen molar-refractivity contribution >= 4 is 17.3 Å². The lowest BCUT2D eigenvalue weighted by Crippen LogP contribution is -2.47. The third-order valence-corrected chi connectivity index (χ3v) is 3.79. The number of carbonyl (C=O) groups is 1. The number of carbonyl (C=O) groups excluding carboxylic acids is 1. The SMILES string of the molecule is CCCN1CCN(c2c(N)cccc2C(=O)OCC)CC1. The van der Waals surface area contributed by atoms with E-state index in [1.807, 2.05) is 13.0 Å². The van der Waals surface area contributed by atoms with Gasteiger partial charge in [-0.2, -0.15) is 0 Å². The van der Waals surface area contributed by atoms with Crippen LogP contribution in [-0.4, -0.2) is 50.2 Å². The Kier molecular flexibility index (Phi) is 5.44. The minimum atomic E-state index is -0.296. The Morgan fingerprint density at radius 3 is 2.57 bits per heavy atom. The van der Waals surface area contributed by atoms with Gasteiger partial charge in [0.2, 0.25) is 0 Å². The Morgan fingerprint density at radius 2 is 1.95 bits per heavy atom. The zero-order valence-corrected chi connectivity index (χ0v) is 13.0. The van der Waals surface area contributed by atoms with E-state index < -0.39 is 0 Å². The van der Waals surface area contributed by atoms with Crippen molar-refractivity contribution < 1.29 is 9.53 Å². The van der Waals surface area contributed by atoms with Gasteiger partial charge in [-0.3, -0.25) is 4.90 Å². The van der Waals surface area contributed by atoms with Crippen LogP contribution in [0.1, 0.15) is 30.6 Å². The number of ether oxygens (including phenoxy) is 1. The molecular weight excluding hydrogens is 266 g/mol. The Morgan fingerprint density at radius 1 is 1.24 bits per heavy atom. The van der Waals surface area contributed by atoms with Crippen LogP contribution >= 0.6 is 0 Å². The molecule has 1 aliphatic heterocycles. The molecule has 0 unspecified atom stereocenters. The molecule has 5 heteroatoms. The number of anilines is 2. The van der Waals surface area contributed by atoms with Gasteiger partial charge in [-0.15, -0.1) is 0 Å². The monoisotopic (exact) mass is 291 g/mol. The summed E-state index contributed by atoms with van der Waals surface area (Å²) in [5.41, 5.74) is 8.16. The van der Waals surface area contributed by atoms with E-state index >= 15 is 0 Å². The van der Waals surface area contributed by atoms with Gasteiger partial charge in [0.25, 0.3) is 0 Å². The van der Waals surface area contributed by atoms with Crippen LogP contribution in [0.4, 0.5) is 11.4 Å². The number of nitrogens with two attached hydrogens (primary N) is 1. The van der Waals surface area contributed by atoms with Crippen LogP contribution < -0.4 is 10.6 Å². The number of nitrogen functional groups attached to an aromatic ring is 1. The predicted octanol–water partition coefficient (Wildman–Crippen LogP) is 1.98. The van der Waals surface area contributed by atoms with Gasteiger partial charge >= 0.3 is 5.97 Å². The van der Waals surface area contributed by atoms with E-state index in [-0.39, 0.29) is 5.97 Å². The maximum atomic E-state index is 12.1. The lowest BCUT2D eigenvalue weighted by Gasteiger charge is -2.37. The highest BCUT2D eigenvalue weighted by molar-refractivity contribution is 5.99. The molecule has 2 rings (SSSR count). The number of nitrogens with zero attached hydrogens (tertiary/aromatic N) is 2. The second kappa shape index (κ2) is 7.31. The number of rotatable bonds is 5. The standard InChI is InChI=1S/C16H25N3O2/c1-3-8-18-9-11-19(12-10-18)15-13(16(20)21-4-2)6-5-7-14(15)17/h5-7H,3-4,8-12,17H2,1-2H3. The van der Waals surface area contributed by atoms with Crippen molar-refractivity contribution in [2.75, 3.05) is 50.0 Å². The summed E-state index contributed by atoms with van der Waals surface area (Å²) in [6, 6.07) is 5.44. The molecule has 1 aromatic carbocycles. The van der Waals surface area contributed by atoms with Gasteiger partial charge in [0.15, 0.2) is 0 Å². The van der Waals surface area contributed by atoms with E-state index in [1.165, 1.54) is 6.42 Å². The third-order valence-electron chi connectivity index (χ3n) is 3.79. The second-order valence-corrected chi connectivity index (χ2v) is 5.29. The first-order valence-corrected chi connectivity index (χ1v) is 7.70. The highest BCUT2D eigenvalue weighted by Crippen LogP contribution is 2.29. The van der Waals surface area contributed by atoms with Crippen LogP contribution in [0, 0.1) is 0 Å². The summed E-state index contributed by atoms with van der Waals surface area (Å²) in [6.45, 7) is 9.30. The van der Waals surface area contributed by atoms with Crippen molar-refractivity contribution in [1.82, 2.24) is 4.90 Å². The number of esters is 1. The first-order chi connectivity index (χ1) is 10.2. The fraction of sp³-hybridized carbons (Fsp3) is 0.562. The van der Waals surface area contributed by atoms with E-state index in [2.05, 4.69) is 16.7 Å². The predicted molar refractivity (Wildman–Crippen MR) is 85.8 cm³/mol. The average Bonchev–Trinajstić information content (AvgIpc) is 2.48. The van der Waals surface area contributed by atoms with Crippen LogP contribution in [0.5, 0.6) is 0 Å². The molecule has 0 aromatic heterocycles. The molecule has 1 fully saturated rings. The molecule has 2 N–H and O–H groups in total. The maximum Gasteiger partial charge on any atom is 0.340 e. The Bertz CT molecular complexity index is 482. The van der Waals surface area contributed by atoms with Gasteiger partial charge in [0.05, 0.1) is 23.5 Å². The fourth-order valence-corrected chi connectivity index (χ4v) is 2.80. The summed E-state index contributed by atoms with van der Waals surface area (Å²) < 4.78 is 5.14. The number of piperazine rings is 1. The first kappa shape index (κ1) is 15.6. The molecule has 116 valence electrons. The molecule has 5 nitrogen and oxygen atoms in total. The Labute approximate surface area is 126 Å². The van der Waals surface area contributed by atoms with Gasteiger partial charge in [0.1, 0.15) is 0 Å². The second-order valence-electron chi connectivity index (χ2n) is 5.29. The topological polar surface area (TPSA) is 58.8 Å². The van der Waals surface area contributed by atoms with E-state index in [0.717, 1.165) is 38.4 Å². The lowest BCUT2D eigenvalue weighted by atomic mass is 10.1. The zero-order valence-electron chi connectivity index (χ0n) is 13.0. The van der Waals surface area contributed by atoms with Gasteiger partial charge < -0.3 is 15.4 Å². The van der Waals surface area contributed by atoms with Gasteiger partial charge in [-0.05, 0) is 32.0 Å². The van der Waals surface area contributed by atoms with E-state index in [4.69, 9.17) is 10.5 Å². The molecule has 0 bridgehead atoms. The van der Waals surface area contributed by atoms with Gasteiger partial charge in [0, 0.05) is 26.2 Å². The van der Waals surface area contributed by atoms with Crippen molar-refractivity contribution in [2.45, 2.75) is 20.3 Å². The minimum absolute atomic E-state index is 0.296. The summed E-state index contributed by atoms with van der Waals surface area (Å²) in [4.78, 5) is 16.8. The van der Waals surface area contributed by atoms with Crippen LogP contribution in [0.3, 0.4) is 0 Å². The molecule has 1 saturated heterocycles. The quantitative estimate of drug-likeness (QED) is 0.664. The van der Waals surface area contributed by atoms with Crippen molar-refractivity contribution in [3.63, 3.8) is 0 Å². The van der Waals surface area contributed by atoms with Crippen molar-refractivity contribution in [3.8, 4) is 0 Å². The molecule has 1 aromatic rings. The summed E-state index contributed by atoms with van der Waals surface area (Å²) in [5, 5.41) is 0. The van der Waals surface area contributed by atoms with Gasteiger partial charge in [-0.1, -0.05) is 13.0 Å². The number of hydrogen-bond donors (Lipinski definition) is 1. The third kappa shape index (κ3) is 3.67. The zero-order chi connectivity index (χ0) is 15.2. The highest BCUT2D eigenvalue weighted by Gasteiger charge is 2.23.